The first-order valence-electron chi connectivity index (χ1n) is 16.1. The van der Waals surface area contributed by atoms with Crippen molar-refractivity contribution in [3.05, 3.63) is 68.7 Å². The summed E-state index contributed by atoms with van der Waals surface area (Å²) >= 11 is 1.69. The molecule has 12 heteroatoms. The number of halogens is 2. The number of benzene rings is 2. The molecule has 0 atom stereocenters. The summed E-state index contributed by atoms with van der Waals surface area (Å²) in [5.74, 6) is -0.613. The van der Waals surface area contributed by atoms with E-state index in [9.17, 15) is 9.59 Å². The first-order valence-corrected chi connectivity index (χ1v) is 17.0. The summed E-state index contributed by atoms with van der Waals surface area (Å²) in [6, 6.07) is 9.28. The van der Waals surface area contributed by atoms with E-state index >= 15 is 4.39 Å². The monoisotopic (exact) mass is 748 g/mol. The molecule has 2 aromatic carbocycles. The summed E-state index contributed by atoms with van der Waals surface area (Å²) in [6.07, 6.45) is 2.73. The highest BCUT2D eigenvalue weighted by atomic mass is 79.9. The van der Waals surface area contributed by atoms with Crippen LogP contribution in [0.25, 0.3) is 0 Å². The van der Waals surface area contributed by atoms with Gasteiger partial charge in [0.25, 0.3) is 0 Å². The Morgan fingerprint density at radius 2 is 1.69 bits per heavy atom. The Balaban J connectivity index is 0.00000625. The fraction of sp³-hybridized carbons (Fsp3) is 0.472. The van der Waals surface area contributed by atoms with Gasteiger partial charge in [-0.05, 0) is 80.2 Å². The van der Waals surface area contributed by atoms with E-state index in [1.54, 1.807) is 48.3 Å². The summed E-state index contributed by atoms with van der Waals surface area (Å²) < 4.78 is 39.3. The SMILES string of the molecule is Br.CCOc1cc2c(c(F)c1OCC)C(=N)N(CC(=O)c1cc(OCCCc3cccs3)c(OCCCCC(=O)O)c(C(C)(C)C)c1)C2. The lowest BCUT2D eigenvalue weighted by Crippen LogP contribution is -2.30. The number of thiophene rings is 1. The molecule has 0 radical (unpaired) electrons. The maximum absolute atomic E-state index is 15.6. The van der Waals surface area contributed by atoms with Crippen LogP contribution in [0.5, 0.6) is 23.0 Å². The number of carboxylic acid groups (broad SMARTS) is 1. The molecule has 0 aliphatic carbocycles. The lowest BCUT2D eigenvalue weighted by atomic mass is 9.84. The first-order chi connectivity index (χ1) is 22.4. The molecule has 1 aliphatic rings. The van der Waals surface area contributed by atoms with Gasteiger partial charge in [-0.2, -0.15) is 0 Å². The topological polar surface area (TPSA) is 118 Å². The molecule has 0 saturated heterocycles. The molecule has 1 aromatic heterocycles. The number of nitrogens with zero attached hydrogens (tertiary/aromatic N) is 1. The lowest BCUT2D eigenvalue weighted by Gasteiger charge is -2.26. The van der Waals surface area contributed by atoms with Gasteiger partial charge in [0, 0.05) is 29.0 Å². The van der Waals surface area contributed by atoms with Crippen LogP contribution in [0.1, 0.15) is 92.2 Å². The summed E-state index contributed by atoms with van der Waals surface area (Å²) in [5.41, 5.74) is 1.43. The number of fused-ring (bicyclic) bond motifs is 1. The summed E-state index contributed by atoms with van der Waals surface area (Å²) in [6.45, 7) is 10.9. The Bertz CT molecular complexity index is 1570. The van der Waals surface area contributed by atoms with Gasteiger partial charge in [-0.25, -0.2) is 4.39 Å². The number of rotatable bonds is 18. The fourth-order valence-electron chi connectivity index (χ4n) is 5.44. The third-order valence-corrected chi connectivity index (χ3v) is 8.66. The van der Waals surface area contributed by atoms with Gasteiger partial charge < -0.3 is 29.0 Å². The van der Waals surface area contributed by atoms with Gasteiger partial charge in [-0.15, -0.1) is 28.3 Å². The Kier molecular flexibility index (Phi) is 14.3. The molecule has 2 N–H and O–H groups in total. The number of nitrogens with one attached hydrogen (secondary N) is 1. The Hall–Kier alpha value is -3.64. The Labute approximate surface area is 296 Å². The largest absolute Gasteiger partial charge is 0.490 e. The maximum atomic E-state index is 15.6. The van der Waals surface area contributed by atoms with Gasteiger partial charge in [0.15, 0.2) is 34.6 Å². The van der Waals surface area contributed by atoms with E-state index in [4.69, 9.17) is 29.5 Å². The van der Waals surface area contributed by atoms with Crippen LogP contribution in [0, 0.1) is 11.2 Å². The highest BCUT2D eigenvalue weighted by Gasteiger charge is 2.34. The molecule has 9 nitrogen and oxygen atoms in total. The number of carbonyl (C=O) groups excluding carboxylic acids is 1. The van der Waals surface area contributed by atoms with Crippen LogP contribution in [0.3, 0.4) is 0 Å². The van der Waals surface area contributed by atoms with E-state index in [1.165, 1.54) is 4.88 Å². The third kappa shape index (κ3) is 9.72. The minimum Gasteiger partial charge on any atom is -0.490 e. The fourth-order valence-corrected chi connectivity index (χ4v) is 6.19. The summed E-state index contributed by atoms with van der Waals surface area (Å²) in [4.78, 5) is 27.7. The molecular formula is C36H46BrFN2O7S. The average molecular weight is 750 g/mol. The highest BCUT2D eigenvalue weighted by molar-refractivity contribution is 8.93. The van der Waals surface area contributed by atoms with Gasteiger partial charge in [0.05, 0.1) is 38.5 Å². The quantitative estimate of drug-likeness (QED) is 0.0987. The normalized spacial score (nSPS) is 12.4. The van der Waals surface area contributed by atoms with E-state index < -0.39 is 17.2 Å². The van der Waals surface area contributed by atoms with Crippen molar-refractivity contribution in [2.45, 2.75) is 78.7 Å². The maximum Gasteiger partial charge on any atom is 0.303 e. The zero-order chi connectivity index (χ0) is 34.1. The van der Waals surface area contributed by atoms with Gasteiger partial charge in [0.1, 0.15) is 5.84 Å². The molecule has 48 heavy (non-hydrogen) atoms. The molecule has 0 saturated carbocycles. The standard InChI is InChI=1S/C36H45FN2O7S.BrH/c1-6-43-29-20-24-21-39(35(38)31(24)32(37)34(29)44-7-2)22-27(40)23-18-26(36(3,4)5)33(46-15-9-8-14-30(41)42)28(19-23)45-16-10-12-25-13-11-17-47-25;/h11,13,17-20,38H,6-10,12,14-16,21-22H2,1-5H3,(H,41,42);1H. The number of carboxylic acids is 1. The predicted octanol–water partition coefficient (Wildman–Crippen LogP) is 8.23. The Morgan fingerprint density at radius 3 is 2.33 bits per heavy atom. The molecule has 3 aromatic rings. The Morgan fingerprint density at radius 1 is 0.979 bits per heavy atom. The van der Waals surface area contributed by atoms with Gasteiger partial charge >= 0.3 is 5.97 Å². The van der Waals surface area contributed by atoms with E-state index in [2.05, 4.69) is 6.07 Å². The van der Waals surface area contributed by atoms with Crippen molar-refractivity contribution < 1.29 is 38.0 Å². The van der Waals surface area contributed by atoms with Gasteiger partial charge in [0.2, 0.25) is 0 Å². The number of amidine groups is 1. The minimum atomic E-state index is -0.848. The smallest absolute Gasteiger partial charge is 0.303 e. The van der Waals surface area contributed by atoms with Crippen LogP contribution in [-0.4, -0.2) is 60.6 Å². The van der Waals surface area contributed by atoms with Crippen LogP contribution in [0.4, 0.5) is 4.39 Å². The number of hydrogen-bond donors (Lipinski definition) is 2. The number of carbonyl (C=O) groups is 2. The third-order valence-electron chi connectivity index (χ3n) is 7.73. The molecule has 1 aliphatic heterocycles. The first kappa shape index (κ1) is 38.8. The molecule has 0 unspecified atom stereocenters. The molecule has 4 rings (SSSR count). The van der Waals surface area contributed by atoms with Crippen molar-refractivity contribution in [2.24, 2.45) is 0 Å². The molecule has 0 spiro atoms. The lowest BCUT2D eigenvalue weighted by molar-refractivity contribution is -0.137. The number of ether oxygens (including phenoxy) is 4. The molecular weight excluding hydrogens is 703 g/mol. The average Bonchev–Trinajstić information content (AvgIpc) is 3.64. The van der Waals surface area contributed by atoms with Gasteiger partial charge in [-0.3, -0.25) is 15.0 Å². The molecule has 0 amide bonds. The molecule has 0 fully saturated rings. The summed E-state index contributed by atoms with van der Waals surface area (Å²) in [7, 11) is 0. The predicted molar refractivity (Wildman–Crippen MR) is 191 cm³/mol. The van der Waals surface area contributed by atoms with Crippen LogP contribution < -0.4 is 18.9 Å². The second-order valence-corrected chi connectivity index (χ2v) is 13.4. The van der Waals surface area contributed by atoms with E-state index in [1.807, 2.05) is 32.2 Å². The number of aliphatic carboxylic acids is 1. The van der Waals surface area contributed by atoms with Crippen LogP contribution in [0.15, 0.2) is 35.7 Å². The van der Waals surface area contributed by atoms with Crippen molar-refractivity contribution in [1.82, 2.24) is 4.90 Å². The van der Waals surface area contributed by atoms with E-state index in [0.29, 0.717) is 55.3 Å². The van der Waals surface area contributed by atoms with Gasteiger partial charge in [-0.1, -0.05) is 26.8 Å². The van der Waals surface area contributed by atoms with E-state index in [-0.39, 0.29) is 71.8 Å². The number of hydrogen-bond acceptors (Lipinski definition) is 8. The van der Waals surface area contributed by atoms with Crippen molar-refractivity contribution >= 4 is 45.9 Å². The van der Waals surface area contributed by atoms with Crippen molar-refractivity contribution in [1.29, 1.82) is 5.41 Å². The molecule has 0 bridgehead atoms. The van der Waals surface area contributed by atoms with Crippen LogP contribution >= 0.6 is 28.3 Å². The second-order valence-electron chi connectivity index (χ2n) is 12.4. The zero-order valence-corrected chi connectivity index (χ0v) is 30.8. The minimum absolute atomic E-state index is 0. The highest BCUT2D eigenvalue weighted by Crippen LogP contribution is 2.42. The number of aryl methyl sites for hydroxylation is 1. The number of unbranched alkanes of at least 4 members (excludes halogenated alkanes) is 1. The summed E-state index contributed by atoms with van der Waals surface area (Å²) in [5, 5.41) is 19.8. The number of Topliss-reactive ketones (excluding diaryl/α,β-unsaturated/α-hetero) is 1. The zero-order valence-electron chi connectivity index (χ0n) is 28.3. The number of ketones is 1. The second kappa shape index (κ2) is 17.7. The van der Waals surface area contributed by atoms with Crippen molar-refractivity contribution in [3.8, 4) is 23.0 Å². The van der Waals surface area contributed by atoms with Crippen LogP contribution in [-0.2, 0) is 23.2 Å². The van der Waals surface area contributed by atoms with Crippen molar-refractivity contribution in [3.63, 3.8) is 0 Å². The van der Waals surface area contributed by atoms with Crippen molar-refractivity contribution in [2.75, 3.05) is 33.0 Å². The van der Waals surface area contributed by atoms with E-state index in [0.717, 1.165) is 18.4 Å². The van der Waals surface area contributed by atoms with Crippen LogP contribution in [0.2, 0.25) is 0 Å². The molecule has 262 valence electrons. The molecule has 2 heterocycles.